The maximum absolute atomic E-state index is 12.7. The number of thiazole rings is 1. The highest BCUT2D eigenvalue weighted by atomic mass is 32.2. The molecule has 0 spiro atoms. The van der Waals surface area contributed by atoms with E-state index in [1.54, 1.807) is 29.3 Å². The molecule has 1 saturated carbocycles. The van der Waals surface area contributed by atoms with E-state index in [0.29, 0.717) is 23.9 Å². The van der Waals surface area contributed by atoms with Gasteiger partial charge in [-0.05, 0) is 36.5 Å². The first-order chi connectivity index (χ1) is 13.8. The summed E-state index contributed by atoms with van der Waals surface area (Å²) in [4.78, 5) is 22.2. The zero-order chi connectivity index (χ0) is 19.2. The summed E-state index contributed by atoms with van der Waals surface area (Å²) in [6.45, 7) is 1.18. The van der Waals surface area contributed by atoms with Gasteiger partial charge in [-0.3, -0.25) is 4.79 Å². The van der Waals surface area contributed by atoms with Gasteiger partial charge in [-0.25, -0.2) is 9.97 Å². The predicted molar refractivity (Wildman–Crippen MR) is 112 cm³/mol. The number of thioether (sulfide) groups is 1. The lowest BCUT2D eigenvalue weighted by Gasteiger charge is -2.10. The van der Waals surface area contributed by atoms with E-state index in [4.69, 9.17) is 4.74 Å². The van der Waals surface area contributed by atoms with Gasteiger partial charge in [0.15, 0.2) is 0 Å². The normalized spacial score (nSPS) is 13.3. The Bertz CT molecular complexity index is 910. The SMILES string of the molecule is O=C(NCc1ccc(OCC2CC2)nc1)c1ccccc1SCc1cscn1. The van der Waals surface area contributed by atoms with Crippen molar-refractivity contribution in [2.24, 2.45) is 5.92 Å². The van der Waals surface area contributed by atoms with Crippen molar-refractivity contribution in [2.75, 3.05) is 6.61 Å². The van der Waals surface area contributed by atoms with Crippen LogP contribution in [-0.2, 0) is 12.3 Å². The molecule has 0 bridgehead atoms. The van der Waals surface area contributed by atoms with E-state index < -0.39 is 0 Å². The highest BCUT2D eigenvalue weighted by Gasteiger charge is 2.22. The second-order valence-corrected chi connectivity index (χ2v) is 8.44. The van der Waals surface area contributed by atoms with Crippen LogP contribution in [0.25, 0.3) is 0 Å². The molecule has 2 heterocycles. The average molecular weight is 412 g/mol. The first-order valence-corrected chi connectivity index (χ1v) is 11.2. The lowest BCUT2D eigenvalue weighted by atomic mass is 10.2. The third kappa shape index (κ3) is 5.33. The molecule has 0 aliphatic heterocycles. The minimum atomic E-state index is -0.0876. The maximum atomic E-state index is 12.7. The summed E-state index contributed by atoms with van der Waals surface area (Å²) in [6.07, 6.45) is 4.27. The van der Waals surface area contributed by atoms with Crippen molar-refractivity contribution in [3.63, 3.8) is 0 Å². The van der Waals surface area contributed by atoms with Crippen molar-refractivity contribution in [2.45, 2.75) is 30.0 Å². The van der Waals surface area contributed by atoms with E-state index in [-0.39, 0.29) is 5.91 Å². The number of pyridine rings is 1. The maximum Gasteiger partial charge on any atom is 0.252 e. The Balaban J connectivity index is 1.31. The third-order valence-corrected chi connectivity index (χ3v) is 6.15. The van der Waals surface area contributed by atoms with E-state index in [0.717, 1.165) is 28.5 Å². The fourth-order valence-corrected chi connectivity index (χ4v) is 4.22. The molecule has 28 heavy (non-hydrogen) atoms. The molecular formula is C21H21N3O2S2. The van der Waals surface area contributed by atoms with Crippen LogP contribution in [0.3, 0.4) is 0 Å². The number of hydrogen-bond donors (Lipinski definition) is 1. The first-order valence-electron chi connectivity index (χ1n) is 9.23. The highest BCUT2D eigenvalue weighted by Crippen LogP contribution is 2.29. The van der Waals surface area contributed by atoms with Gasteiger partial charge in [-0.15, -0.1) is 23.1 Å². The number of ether oxygens (including phenoxy) is 1. The van der Waals surface area contributed by atoms with E-state index in [9.17, 15) is 4.79 Å². The van der Waals surface area contributed by atoms with Crippen LogP contribution >= 0.6 is 23.1 Å². The number of carbonyl (C=O) groups is 1. The molecule has 2 aromatic heterocycles. The van der Waals surface area contributed by atoms with Crippen LogP contribution < -0.4 is 10.1 Å². The highest BCUT2D eigenvalue weighted by molar-refractivity contribution is 7.98. The predicted octanol–water partition coefficient (Wildman–Crippen LogP) is 4.55. The van der Waals surface area contributed by atoms with Gasteiger partial charge in [0.25, 0.3) is 5.91 Å². The van der Waals surface area contributed by atoms with Crippen LogP contribution in [0.15, 0.2) is 58.4 Å². The van der Waals surface area contributed by atoms with E-state index >= 15 is 0 Å². The number of nitrogens with zero attached hydrogens (tertiary/aromatic N) is 2. The van der Waals surface area contributed by atoms with Crippen molar-refractivity contribution in [3.8, 4) is 5.88 Å². The number of hydrogen-bond acceptors (Lipinski definition) is 6. The van der Waals surface area contributed by atoms with Gasteiger partial charge < -0.3 is 10.1 Å². The van der Waals surface area contributed by atoms with Gasteiger partial charge >= 0.3 is 0 Å². The molecule has 3 aromatic rings. The van der Waals surface area contributed by atoms with Crippen molar-refractivity contribution in [3.05, 3.63) is 70.3 Å². The lowest BCUT2D eigenvalue weighted by Crippen LogP contribution is -2.23. The zero-order valence-corrected chi connectivity index (χ0v) is 17.0. The van der Waals surface area contributed by atoms with Crippen molar-refractivity contribution in [1.82, 2.24) is 15.3 Å². The standard InChI is InChI=1S/C21H21N3O2S2/c25-21(18-3-1-2-4-19(18)28-13-17-12-27-14-24-17)23-10-16-7-8-20(22-9-16)26-11-15-5-6-15/h1-4,7-9,12,14-15H,5-6,10-11,13H2,(H,23,25). The molecule has 0 atom stereocenters. The summed E-state index contributed by atoms with van der Waals surface area (Å²) < 4.78 is 5.65. The van der Waals surface area contributed by atoms with Crippen molar-refractivity contribution >= 4 is 29.0 Å². The van der Waals surface area contributed by atoms with Crippen LogP contribution in [0.1, 0.15) is 34.5 Å². The molecule has 0 unspecified atom stereocenters. The molecule has 1 amide bonds. The molecule has 144 valence electrons. The van der Waals surface area contributed by atoms with Gasteiger partial charge in [0.1, 0.15) is 0 Å². The van der Waals surface area contributed by atoms with E-state index in [2.05, 4.69) is 15.3 Å². The Hall–Kier alpha value is -2.38. The summed E-state index contributed by atoms with van der Waals surface area (Å²) >= 11 is 3.20. The summed E-state index contributed by atoms with van der Waals surface area (Å²) in [5.41, 5.74) is 4.48. The summed E-state index contributed by atoms with van der Waals surface area (Å²) in [5, 5.41) is 5.01. The fraction of sp³-hybridized carbons (Fsp3) is 0.286. The van der Waals surface area contributed by atoms with Gasteiger partial charge in [0, 0.05) is 34.8 Å². The number of nitrogens with one attached hydrogen (secondary N) is 1. The van der Waals surface area contributed by atoms with Gasteiger partial charge in [-0.2, -0.15) is 0 Å². The van der Waals surface area contributed by atoms with Crippen LogP contribution in [-0.4, -0.2) is 22.5 Å². The monoisotopic (exact) mass is 411 g/mol. The Morgan fingerprint density at radius 3 is 2.86 bits per heavy atom. The molecule has 1 aliphatic carbocycles. The average Bonchev–Trinajstić information content (AvgIpc) is 3.42. The number of aromatic nitrogens is 2. The number of amides is 1. The number of carbonyl (C=O) groups excluding carboxylic acids is 1. The van der Waals surface area contributed by atoms with E-state index in [1.165, 1.54) is 12.8 Å². The Kier molecular flexibility index (Phi) is 6.24. The molecule has 0 radical (unpaired) electrons. The molecular weight excluding hydrogens is 390 g/mol. The molecule has 4 rings (SSSR count). The molecule has 1 aliphatic rings. The fourth-order valence-electron chi connectivity index (χ4n) is 2.61. The Morgan fingerprint density at radius 2 is 2.11 bits per heavy atom. The van der Waals surface area contributed by atoms with Crippen LogP contribution in [0.4, 0.5) is 0 Å². The Morgan fingerprint density at radius 1 is 1.21 bits per heavy atom. The quantitative estimate of drug-likeness (QED) is 0.523. The molecule has 1 N–H and O–H groups in total. The second kappa shape index (κ2) is 9.21. The largest absolute Gasteiger partial charge is 0.477 e. The lowest BCUT2D eigenvalue weighted by molar-refractivity contribution is 0.0948. The zero-order valence-electron chi connectivity index (χ0n) is 15.3. The topological polar surface area (TPSA) is 64.1 Å². The second-order valence-electron chi connectivity index (χ2n) is 6.71. The number of rotatable bonds is 9. The van der Waals surface area contributed by atoms with E-state index in [1.807, 2.05) is 47.3 Å². The molecule has 0 saturated heterocycles. The van der Waals surface area contributed by atoms with Crippen LogP contribution in [0, 0.1) is 5.92 Å². The summed E-state index contributed by atoms with van der Waals surface area (Å²) in [7, 11) is 0. The molecule has 1 fully saturated rings. The molecule has 1 aromatic carbocycles. The minimum absolute atomic E-state index is 0.0876. The van der Waals surface area contributed by atoms with Gasteiger partial charge in [0.2, 0.25) is 5.88 Å². The van der Waals surface area contributed by atoms with Crippen molar-refractivity contribution < 1.29 is 9.53 Å². The Labute approximate surface area is 172 Å². The smallest absolute Gasteiger partial charge is 0.252 e. The van der Waals surface area contributed by atoms with Gasteiger partial charge in [-0.1, -0.05) is 18.2 Å². The molecule has 5 nitrogen and oxygen atoms in total. The molecule has 7 heteroatoms. The van der Waals surface area contributed by atoms with Crippen molar-refractivity contribution in [1.29, 1.82) is 0 Å². The van der Waals surface area contributed by atoms with Gasteiger partial charge in [0.05, 0.1) is 23.4 Å². The first kappa shape index (κ1) is 19.0. The minimum Gasteiger partial charge on any atom is -0.477 e. The number of benzene rings is 1. The summed E-state index contributed by atoms with van der Waals surface area (Å²) in [6, 6.07) is 11.5. The third-order valence-electron chi connectivity index (χ3n) is 4.41. The summed E-state index contributed by atoms with van der Waals surface area (Å²) in [5.74, 6) is 2.01. The van der Waals surface area contributed by atoms with Crippen LogP contribution in [0.5, 0.6) is 5.88 Å². The van der Waals surface area contributed by atoms with Crippen LogP contribution in [0.2, 0.25) is 0 Å².